The number of nitrogens with one attached hydrogen (secondary N) is 1. The standard InChI is InChI=1S/C26H25ClN4O3S2/c1-5-31-23(17-8-10-18(27)11-9-17)29-30-26(31)36-14-21(32)28-24-22(25(33)34-4)20(13-35-24)19-12-15(2)6-7-16(19)3/h6-13H,5,14H2,1-4H3,(H,28,32). The van der Waals surface area contributed by atoms with Crippen LogP contribution in [0.15, 0.2) is 53.0 Å². The molecule has 0 bridgehead atoms. The Kier molecular flexibility index (Phi) is 8.13. The number of esters is 1. The van der Waals surface area contributed by atoms with Crippen LogP contribution in [0.1, 0.15) is 28.4 Å². The van der Waals surface area contributed by atoms with Gasteiger partial charge >= 0.3 is 5.97 Å². The number of amides is 1. The van der Waals surface area contributed by atoms with Crippen molar-refractivity contribution in [2.24, 2.45) is 0 Å². The number of carbonyl (C=O) groups is 2. The zero-order chi connectivity index (χ0) is 25.8. The van der Waals surface area contributed by atoms with Gasteiger partial charge in [-0.15, -0.1) is 21.5 Å². The molecule has 10 heteroatoms. The third kappa shape index (κ3) is 5.48. The summed E-state index contributed by atoms with van der Waals surface area (Å²) in [6.07, 6.45) is 0. The van der Waals surface area contributed by atoms with E-state index in [1.54, 1.807) is 12.1 Å². The first kappa shape index (κ1) is 25.9. The number of carbonyl (C=O) groups excluding carboxylic acids is 2. The van der Waals surface area contributed by atoms with Crippen molar-refractivity contribution >= 4 is 51.6 Å². The summed E-state index contributed by atoms with van der Waals surface area (Å²) in [5.41, 5.74) is 5.05. The fourth-order valence-corrected chi connectivity index (χ4v) is 5.66. The molecule has 0 fully saturated rings. The Hall–Kier alpha value is -3.14. The van der Waals surface area contributed by atoms with Gasteiger partial charge in [0.2, 0.25) is 5.91 Å². The second-order valence-electron chi connectivity index (χ2n) is 8.06. The minimum Gasteiger partial charge on any atom is -0.465 e. The van der Waals surface area contributed by atoms with Crippen molar-refractivity contribution in [1.29, 1.82) is 0 Å². The molecule has 0 aliphatic rings. The molecule has 0 atom stereocenters. The van der Waals surface area contributed by atoms with Crippen molar-refractivity contribution < 1.29 is 14.3 Å². The van der Waals surface area contributed by atoms with Gasteiger partial charge in [-0.05, 0) is 56.2 Å². The monoisotopic (exact) mass is 540 g/mol. The molecule has 0 spiro atoms. The van der Waals surface area contributed by atoms with Crippen LogP contribution in [0.2, 0.25) is 5.02 Å². The van der Waals surface area contributed by atoms with Crippen LogP contribution in [0.25, 0.3) is 22.5 Å². The molecule has 186 valence electrons. The summed E-state index contributed by atoms with van der Waals surface area (Å²) in [7, 11) is 1.34. The lowest BCUT2D eigenvalue weighted by atomic mass is 9.97. The molecule has 7 nitrogen and oxygen atoms in total. The van der Waals surface area contributed by atoms with E-state index >= 15 is 0 Å². The highest BCUT2D eigenvalue weighted by atomic mass is 35.5. The van der Waals surface area contributed by atoms with Crippen LogP contribution >= 0.6 is 34.7 Å². The smallest absolute Gasteiger partial charge is 0.341 e. The van der Waals surface area contributed by atoms with Crippen LogP contribution in [0.5, 0.6) is 0 Å². The number of thioether (sulfide) groups is 1. The van der Waals surface area contributed by atoms with Gasteiger partial charge in [0.05, 0.1) is 12.9 Å². The van der Waals surface area contributed by atoms with E-state index in [1.165, 1.54) is 30.2 Å². The van der Waals surface area contributed by atoms with Gasteiger partial charge in [0.1, 0.15) is 10.6 Å². The van der Waals surface area contributed by atoms with Gasteiger partial charge in [0.25, 0.3) is 0 Å². The fraction of sp³-hybridized carbons (Fsp3) is 0.231. The molecule has 0 aliphatic heterocycles. The molecule has 1 N–H and O–H groups in total. The molecule has 4 aromatic rings. The Morgan fingerprint density at radius 1 is 1.11 bits per heavy atom. The van der Waals surface area contributed by atoms with Gasteiger partial charge in [0, 0.05) is 28.1 Å². The van der Waals surface area contributed by atoms with E-state index in [-0.39, 0.29) is 11.7 Å². The van der Waals surface area contributed by atoms with Gasteiger partial charge in [-0.1, -0.05) is 47.1 Å². The lowest BCUT2D eigenvalue weighted by molar-refractivity contribution is -0.113. The van der Waals surface area contributed by atoms with Crippen LogP contribution < -0.4 is 5.32 Å². The molecule has 0 radical (unpaired) electrons. The Labute approximate surface area is 222 Å². The van der Waals surface area contributed by atoms with E-state index in [0.29, 0.717) is 33.1 Å². The first-order chi connectivity index (χ1) is 17.3. The van der Waals surface area contributed by atoms with Gasteiger partial charge in [0.15, 0.2) is 11.0 Å². The number of methoxy groups -OCH3 is 1. The SMILES string of the molecule is CCn1c(SCC(=O)Nc2scc(-c3cc(C)ccc3C)c2C(=O)OC)nnc1-c1ccc(Cl)cc1. The van der Waals surface area contributed by atoms with E-state index < -0.39 is 5.97 Å². The molecule has 1 amide bonds. The number of halogens is 1. The molecular weight excluding hydrogens is 516 g/mol. The van der Waals surface area contributed by atoms with Gasteiger partial charge in [-0.3, -0.25) is 4.79 Å². The van der Waals surface area contributed by atoms with Crippen LogP contribution in [0, 0.1) is 13.8 Å². The van der Waals surface area contributed by atoms with Crippen LogP contribution in [0.4, 0.5) is 5.00 Å². The molecule has 0 saturated carbocycles. The zero-order valence-corrected chi connectivity index (χ0v) is 22.7. The lowest BCUT2D eigenvalue weighted by Gasteiger charge is -2.10. The van der Waals surface area contributed by atoms with Crippen LogP contribution in [-0.2, 0) is 16.1 Å². The number of hydrogen-bond acceptors (Lipinski definition) is 7. The number of benzene rings is 2. The topological polar surface area (TPSA) is 86.1 Å². The van der Waals surface area contributed by atoms with Gasteiger partial charge in [-0.25, -0.2) is 4.79 Å². The molecule has 0 saturated heterocycles. The molecular formula is C26H25ClN4O3S2. The molecule has 2 aromatic heterocycles. The number of hydrogen-bond donors (Lipinski definition) is 1. The van der Waals surface area contributed by atoms with Gasteiger partial charge in [-0.2, -0.15) is 0 Å². The second kappa shape index (κ2) is 11.3. The fourth-order valence-electron chi connectivity index (χ4n) is 3.76. The average Bonchev–Trinajstić information content (AvgIpc) is 3.48. The summed E-state index contributed by atoms with van der Waals surface area (Å²) in [5.74, 6) is 0.0731. The highest BCUT2D eigenvalue weighted by molar-refractivity contribution is 7.99. The minimum atomic E-state index is -0.492. The number of ether oxygens (including phenoxy) is 1. The van der Waals surface area contributed by atoms with E-state index in [0.717, 1.165) is 27.8 Å². The molecule has 4 rings (SSSR count). The van der Waals surface area contributed by atoms with Crippen molar-refractivity contribution in [2.45, 2.75) is 32.5 Å². The van der Waals surface area contributed by atoms with Gasteiger partial charge < -0.3 is 14.6 Å². The minimum absolute atomic E-state index is 0.107. The number of anilines is 1. The molecule has 0 aliphatic carbocycles. The number of aromatic nitrogens is 3. The maximum Gasteiger partial charge on any atom is 0.341 e. The molecule has 2 aromatic carbocycles. The van der Waals surface area contributed by atoms with Crippen molar-refractivity contribution in [3.63, 3.8) is 0 Å². The van der Waals surface area contributed by atoms with Crippen molar-refractivity contribution in [1.82, 2.24) is 14.8 Å². The quantitative estimate of drug-likeness (QED) is 0.203. The first-order valence-electron chi connectivity index (χ1n) is 11.2. The lowest BCUT2D eigenvalue weighted by Crippen LogP contribution is -2.16. The average molecular weight is 541 g/mol. The molecule has 2 heterocycles. The summed E-state index contributed by atoms with van der Waals surface area (Å²) in [4.78, 5) is 25.6. The van der Waals surface area contributed by atoms with Crippen molar-refractivity contribution in [3.05, 3.63) is 69.6 Å². The Bertz CT molecular complexity index is 1410. The second-order valence-corrected chi connectivity index (χ2v) is 10.3. The first-order valence-corrected chi connectivity index (χ1v) is 13.5. The van der Waals surface area contributed by atoms with E-state index in [9.17, 15) is 9.59 Å². The third-order valence-electron chi connectivity index (χ3n) is 5.58. The van der Waals surface area contributed by atoms with Crippen LogP contribution in [-0.4, -0.2) is 39.5 Å². The molecule has 0 unspecified atom stereocenters. The number of thiophene rings is 1. The Morgan fingerprint density at radius 2 is 1.86 bits per heavy atom. The highest BCUT2D eigenvalue weighted by Gasteiger charge is 2.24. The van der Waals surface area contributed by atoms with E-state index in [1.807, 2.05) is 61.1 Å². The highest BCUT2D eigenvalue weighted by Crippen LogP contribution is 2.38. The number of rotatable bonds is 8. The van der Waals surface area contributed by atoms with Crippen LogP contribution in [0.3, 0.4) is 0 Å². The summed E-state index contributed by atoms with van der Waals surface area (Å²) in [5, 5.41) is 15.1. The Morgan fingerprint density at radius 3 is 2.56 bits per heavy atom. The summed E-state index contributed by atoms with van der Waals surface area (Å²) < 4.78 is 6.99. The predicted molar refractivity (Wildman–Crippen MR) is 146 cm³/mol. The number of nitrogens with zero attached hydrogens (tertiary/aromatic N) is 3. The molecule has 36 heavy (non-hydrogen) atoms. The van der Waals surface area contributed by atoms with E-state index in [4.69, 9.17) is 16.3 Å². The predicted octanol–water partition coefficient (Wildman–Crippen LogP) is 6.48. The maximum absolute atomic E-state index is 12.9. The summed E-state index contributed by atoms with van der Waals surface area (Å²) in [6, 6.07) is 13.4. The maximum atomic E-state index is 12.9. The Balaban J connectivity index is 1.53. The normalized spacial score (nSPS) is 10.9. The van der Waals surface area contributed by atoms with E-state index in [2.05, 4.69) is 15.5 Å². The van der Waals surface area contributed by atoms with Crippen molar-refractivity contribution in [3.8, 4) is 22.5 Å². The largest absolute Gasteiger partial charge is 0.465 e. The summed E-state index contributed by atoms with van der Waals surface area (Å²) >= 11 is 8.59. The third-order valence-corrected chi connectivity index (χ3v) is 7.70. The zero-order valence-electron chi connectivity index (χ0n) is 20.3. The summed E-state index contributed by atoms with van der Waals surface area (Å²) in [6.45, 7) is 6.63. The van der Waals surface area contributed by atoms with Crippen molar-refractivity contribution in [2.75, 3.05) is 18.2 Å². The number of aryl methyl sites for hydroxylation is 2.